The maximum atomic E-state index is 12.1. The summed E-state index contributed by atoms with van der Waals surface area (Å²) in [6.45, 7) is 1.82. The van der Waals surface area contributed by atoms with Crippen LogP contribution in [-0.4, -0.2) is 37.9 Å². The minimum atomic E-state index is -1.11. The molecule has 0 fully saturated rings. The van der Waals surface area contributed by atoms with Gasteiger partial charge >= 0.3 is 5.97 Å². The van der Waals surface area contributed by atoms with Gasteiger partial charge in [-0.1, -0.05) is 31.5 Å². The van der Waals surface area contributed by atoms with Crippen molar-refractivity contribution in [2.45, 2.75) is 25.8 Å². The lowest BCUT2D eigenvalue weighted by Gasteiger charge is -2.12. The van der Waals surface area contributed by atoms with E-state index in [0.29, 0.717) is 18.5 Å². The van der Waals surface area contributed by atoms with Crippen molar-refractivity contribution in [1.29, 1.82) is 0 Å². The first-order valence-corrected chi connectivity index (χ1v) is 6.90. The molecule has 1 unspecified atom stereocenters. The Bertz CT molecular complexity index is 667. The maximum Gasteiger partial charge on any atom is 0.326 e. The molecule has 0 aliphatic heterocycles. The molecule has 1 atom stereocenters. The molecule has 1 amide bonds. The second-order valence-electron chi connectivity index (χ2n) is 4.80. The molecule has 0 aliphatic rings. The van der Waals surface area contributed by atoms with Gasteiger partial charge in [0, 0.05) is 0 Å². The molecule has 1 heterocycles. The molecule has 7 nitrogen and oxygen atoms in total. The third-order valence-corrected chi connectivity index (χ3v) is 3.11. The Kier molecular flexibility index (Phi) is 4.77. The molecule has 0 saturated carbocycles. The normalized spacial score (nSPS) is 11.9. The molecule has 0 aliphatic carbocycles. The monoisotopic (exact) mass is 303 g/mol. The molecule has 2 aromatic rings. The molecule has 3 N–H and O–H groups in total. The topological polar surface area (TPSA) is 104 Å². The second kappa shape index (κ2) is 6.75. The van der Waals surface area contributed by atoms with Gasteiger partial charge in [-0.15, -0.1) is 0 Å². The fourth-order valence-corrected chi connectivity index (χ4v) is 2.01. The number of carboxylic acids is 1. The number of amides is 1. The summed E-state index contributed by atoms with van der Waals surface area (Å²) in [5.74, 6) is -2.13. The summed E-state index contributed by atoms with van der Waals surface area (Å²) in [5.41, 5.74) is 0.478. The number of aromatic hydroxyl groups is 1. The van der Waals surface area contributed by atoms with Gasteiger partial charge in [-0.2, -0.15) is 5.10 Å². The van der Waals surface area contributed by atoms with Crippen molar-refractivity contribution >= 4 is 11.9 Å². The van der Waals surface area contributed by atoms with Gasteiger partial charge in [0.1, 0.15) is 6.04 Å². The van der Waals surface area contributed by atoms with E-state index >= 15 is 0 Å². The third-order valence-electron chi connectivity index (χ3n) is 3.11. The predicted octanol–water partition coefficient (Wildman–Crippen LogP) is 1.56. The highest BCUT2D eigenvalue weighted by Gasteiger charge is 2.23. The van der Waals surface area contributed by atoms with Gasteiger partial charge in [-0.25, -0.2) is 9.48 Å². The van der Waals surface area contributed by atoms with E-state index in [9.17, 15) is 14.7 Å². The van der Waals surface area contributed by atoms with E-state index in [4.69, 9.17) is 5.11 Å². The first kappa shape index (κ1) is 15.6. The van der Waals surface area contributed by atoms with Crippen molar-refractivity contribution in [3.63, 3.8) is 0 Å². The summed E-state index contributed by atoms with van der Waals surface area (Å²) < 4.78 is 1.36. The second-order valence-corrected chi connectivity index (χ2v) is 4.80. The van der Waals surface area contributed by atoms with Crippen LogP contribution in [0.4, 0.5) is 0 Å². The number of nitrogens with zero attached hydrogens (tertiary/aromatic N) is 2. The lowest BCUT2D eigenvalue weighted by Crippen LogP contribution is -2.40. The van der Waals surface area contributed by atoms with Gasteiger partial charge in [-0.3, -0.25) is 4.79 Å². The number of hydrogen-bond acceptors (Lipinski definition) is 4. The fourth-order valence-electron chi connectivity index (χ4n) is 2.01. The SMILES string of the molecule is CCCC(NC(=O)c1nn(-c2ccccc2)cc1O)C(=O)O. The van der Waals surface area contributed by atoms with Crippen LogP contribution in [0.25, 0.3) is 5.69 Å². The summed E-state index contributed by atoms with van der Waals surface area (Å²) in [6.07, 6.45) is 2.22. The van der Waals surface area contributed by atoms with Crippen molar-refractivity contribution in [3.05, 3.63) is 42.2 Å². The van der Waals surface area contributed by atoms with E-state index in [-0.39, 0.29) is 11.4 Å². The molecule has 22 heavy (non-hydrogen) atoms. The van der Waals surface area contributed by atoms with Crippen LogP contribution in [0.1, 0.15) is 30.3 Å². The zero-order chi connectivity index (χ0) is 16.1. The number of aromatic nitrogens is 2. The number of aliphatic carboxylic acids is 1. The zero-order valence-electron chi connectivity index (χ0n) is 12.1. The number of para-hydroxylation sites is 1. The van der Waals surface area contributed by atoms with Crippen LogP contribution in [0.15, 0.2) is 36.5 Å². The zero-order valence-corrected chi connectivity index (χ0v) is 12.1. The number of nitrogens with one attached hydrogen (secondary N) is 1. The highest BCUT2D eigenvalue weighted by Crippen LogP contribution is 2.18. The Morgan fingerprint density at radius 2 is 2.00 bits per heavy atom. The summed E-state index contributed by atoms with van der Waals surface area (Å²) >= 11 is 0. The van der Waals surface area contributed by atoms with Crippen molar-refractivity contribution in [1.82, 2.24) is 15.1 Å². The van der Waals surface area contributed by atoms with Gasteiger partial charge in [0.2, 0.25) is 0 Å². The Morgan fingerprint density at radius 3 is 2.59 bits per heavy atom. The van der Waals surface area contributed by atoms with Crippen molar-refractivity contribution in [2.75, 3.05) is 0 Å². The molecule has 0 spiro atoms. The van der Waals surface area contributed by atoms with E-state index in [1.54, 1.807) is 24.3 Å². The number of carbonyl (C=O) groups excluding carboxylic acids is 1. The van der Waals surface area contributed by atoms with Crippen LogP contribution in [-0.2, 0) is 4.79 Å². The van der Waals surface area contributed by atoms with Crippen LogP contribution >= 0.6 is 0 Å². The molecule has 2 rings (SSSR count). The Hall–Kier alpha value is -2.83. The molecule has 116 valence electrons. The van der Waals surface area contributed by atoms with E-state index in [2.05, 4.69) is 10.4 Å². The molecule has 0 bridgehead atoms. The standard InChI is InChI=1S/C15H17N3O4/c1-2-6-11(15(21)22)16-14(20)13-12(19)9-18(17-13)10-7-4-3-5-8-10/h3-5,7-9,11,19H,2,6H2,1H3,(H,16,20)(H,21,22). The van der Waals surface area contributed by atoms with Crippen LogP contribution in [0.5, 0.6) is 5.75 Å². The largest absolute Gasteiger partial charge is 0.504 e. The molecule has 1 aromatic carbocycles. The molecule has 0 radical (unpaired) electrons. The van der Waals surface area contributed by atoms with E-state index in [1.165, 1.54) is 10.9 Å². The number of rotatable bonds is 6. The molecule has 1 aromatic heterocycles. The van der Waals surface area contributed by atoms with Crippen LogP contribution < -0.4 is 5.32 Å². The van der Waals surface area contributed by atoms with Crippen LogP contribution in [0.2, 0.25) is 0 Å². The maximum absolute atomic E-state index is 12.1. The van der Waals surface area contributed by atoms with Crippen molar-refractivity contribution in [2.24, 2.45) is 0 Å². The van der Waals surface area contributed by atoms with Gasteiger partial charge < -0.3 is 15.5 Å². The first-order chi connectivity index (χ1) is 10.5. The minimum absolute atomic E-state index is 0.203. The number of carbonyl (C=O) groups is 2. The first-order valence-electron chi connectivity index (χ1n) is 6.90. The summed E-state index contributed by atoms with van der Waals surface area (Å²) in [7, 11) is 0. The fraction of sp³-hybridized carbons (Fsp3) is 0.267. The molecule has 7 heteroatoms. The van der Waals surface area contributed by atoms with Gasteiger partial charge in [0.05, 0.1) is 11.9 Å². The highest BCUT2D eigenvalue weighted by molar-refractivity contribution is 5.97. The van der Waals surface area contributed by atoms with Gasteiger partial charge in [0.15, 0.2) is 11.4 Å². The number of hydrogen-bond donors (Lipinski definition) is 3. The summed E-state index contributed by atoms with van der Waals surface area (Å²) in [5, 5.41) is 25.3. The lowest BCUT2D eigenvalue weighted by molar-refractivity contribution is -0.139. The van der Waals surface area contributed by atoms with Gasteiger partial charge in [-0.05, 0) is 18.6 Å². The van der Waals surface area contributed by atoms with E-state index in [0.717, 1.165) is 0 Å². The van der Waals surface area contributed by atoms with Crippen LogP contribution in [0, 0.1) is 0 Å². The number of carboxylic acid groups (broad SMARTS) is 1. The van der Waals surface area contributed by atoms with Crippen molar-refractivity contribution < 1.29 is 19.8 Å². The van der Waals surface area contributed by atoms with Crippen LogP contribution in [0.3, 0.4) is 0 Å². The Morgan fingerprint density at radius 1 is 1.32 bits per heavy atom. The van der Waals surface area contributed by atoms with Crippen molar-refractivity contribution in [3.8, 4) is 11.4 Å². The lowest BCUT2D eigenvalue weighted by atomic mass is 10.1. The van der Waals surface area contributed by atoms with Gasteiger partial charge in [0.25, 0.3) is 5.91 Å². The third kappa shape index (κ3) is 3.43. The minimum Gasteiger partial charge on any atom is -0.504 e. The van der Waals surface area contributed by atoms with E-state index in [1.807, 2.05) is 13.0 Å². The molecular formula is C15H17N3O4. The molecule has 0 saturated heterocycles. The smallest absolute Gasteiger partial charge is 0.326 e. The van der Waals surface area contributed by atoms with E-state index < -0.39 is 17.9 Å². The number of benzene rings is 1. The average Bonchev–Trinajstić information content (AvgIpc) is 2.89. The summed E-state index contributed by atoms with van der Waals surface area (Å²) in [4.78, 5) is 23.2. The average molecular weight is 303 g/mol. The predicted molar refractivity (Wildman–Crippen MR) is 79.0 cm³/mol. The quantitative estimate of drug-likeness (QED) is 0.751. The molecular weight excluding hydrogens is 286 g/mol. The highest BCUT2D eigenvalue weighted by atomic mass is 16.4. The Labute approximate surface area is 127 Å². The summed E-state index contributed by atoms with van der Waals surface area (Å²) in [6, 6.07) is 7.98. The Balaban J connectivity index is 2.20.